The number of aromatic amines is 1. The zero-order chi connectivity index (χ0) is 15.4. The van der Waals surface area contributed by atoms with E-state index in [4.69, 9.17) is 0 Å². The first-order valence-electron chi connectivity index (χ1n) is 6.62. The van der Waals surface area contributed by atoms with Gasteiger partial charge in [0.2, 0.25) is 5.16 Å². The van der Waals surface area contributed by atoms with Crippen LogP contribution < -0.4 is 0 Å². The Labute approximate surface area is 130 Å². The van der Waals surface area contributed by atoms with Crippen molar-refractivity contribution in [1.29, 1.82) is 0 Å². The molecule has 3 rings (SSSR count). The number of hydrogen-bond donors (Lipinski definition) is 1. The number of benzene rings is 2. The lowest BCUT2D eigenvalue weighted by Crippen LogP contribution is -2.05. The van der Waals surface area contributed by atoms with Gasteiger partial charge in [0, 0.05) is 5.56 Å². The van der Waals surface area contributed by atoms with Crippen molar-refractivity contribution in [3.8, 4) is 11.4 Å². The fourth-order valence-electron chi connectivity index (χ4n) is 1.93. The minimum absolute atomic E-state index is 0.0903. The molecular weight excluding hydrogens is 301 g/mol. The maximum absolute atomic E-state index is 13.5. The first kappa shape index (κ1) is 14.5. The summed E-state index contributed by atoms with van der Waals surface area (Å²) in [6.07, 6.45) is 0. The van der Waals surface area contributed by atoms with Crippen LogP contribution in [-0.2, 0) is 0 Å². The normalized spacial score (nSPS) is 10.6. The molecule has 1 heterocycles. The van der Waals surface area contributed by atoms with E-state index < -0.39 is 5.82 Å². The van der Waals surface area contributed by atoms with Crippen molar-refractivity contribution in [2.75, 3.05) is 5.75 Å². The molecule has 0 fully saturated rings. The first-order valence-corrected chi connectivity index (χ1v) is 7.61. The molecular formula is C16H12FN3OS. The Morgan fingerprint density at radius 2 is 1.82 bits per heavy atom. The van der Waals surface area contributed by atoms with Gasteiger partial charge in [-0.15, -0.1) is 5.10 Å². The van der Waals surface area contributed by atoms with Crippen molar-refractivity contribution in [2.45, 2.75) is 5.16 Å². The van der Waals surface area contributed by atoms with Crippen LogP contribution in [-0.4, -0.2) is 26.7 Å². The molecule has 1 aromatic heterocycles. The second-order valence-electron chi connectivity index (χ2n) is 4.52. The van der Waals surface area contributed by atoms with Gasteiger partial charge in [-0.25, -0.2) is 9.37 Å². The summed E-state index contributed by atoms with van der Waals surface area (Å²) in [5.74, 6) is -0.0591. The predicted molar refractivity (Wildman–Crippen MR) is 83.3 cm³/mol. The molecule has 0 aliphatic rings. The topological polar surface area (TPSA) is 58.6 Å². The largest absolute Gasteiger partial charge is 0.293 e. The Morgan fingerprint density at radius 3 is 2.59 bits per heavy atom. The Morgan fingerprint density at radius 1 is 1.09 bits per heavy atom. The Kier molecular flexibility index (Phi) is 4.29. The summed E-state index contributed by atoms with van der Waals surface area (Å²) < 4.78 is 13.5. The van der Waals surface area contributed by atoms with Gasteiger partial charge < -0.3 is 0 Å². The minimum atomic E-state index is -0.506. The van der Waals surface area contributed by atoms with Gasteiger partial charge in [-0.05, 0) is 12.1 Å². The number of carbonyl (C=O) groups is 1. The van der Waals surface area contributed by atoms with Crippen LogP contribution in [0.1, 0.15) is 10.4 Å². The minimum Gasteiger partial charge on any atom is -0.293 e. The first-order chi connectivity index (χ1) is 10.7. The van der Waals surface area contributed by atoms with Crippen LogP contribution in [0.2, 0.25) is 0 Å². The van der Waals surface area contributed by atoms with Crippen LogP contribution in [0.5, 0.6) is 0 Å². The van der Waals surface area contributed by atoms with Crippen LogP contribution in [0, 0.1) is 5.82 Å². The van der Waals surface area contributed by atoms with E-state index >= 15 is 0 Å². The summed E-state index contributed by atoms with van der Waals surface area (Å²) in [5, 5.41) is 7.35. The number of nitrogens with one attached hydrogen (secondary N) is 1. The Bertz CT molecular complexity index is 789. The highest BCUT2D eigenvalue weighted by Gasteiger charge is 2.13. The molecule has 0 amide bonds. The molecule has 0 saturated carbocycles. The van der Waals surface area contributed by atoms with E-state index in [1.165, 1.54) is 23.9 Å². The van der Waals surface area contributed by atoms with E-state index in [0.29, 0.717) is 11.0 Å². The summed E-state index contributed by atoms with van der Waals surface area (Å²) in [4.78, 5) is 16.3. The third-order valence-corrected chi connectivity index (χ3v) is 3.87. The van der Waals surface area contributed by atoms with E-state index in [9.17, 15) is 9.18 Å². The molecule has 4 nitrogen and oxygen atoms in total. The van der Waals surface area contributed by atoms with Crippen molar-refractivity contribution in [2.24, 2.45) is 0 Å². The molecule has 0 unspecified atom stereocenters. The molecule has 0 bridgehead atoms. The standard InChI is InChI=1S/C16H12FN3OS/c17-13-9-5-4-8-12(13)14(21)10-22-16-18-15(19-20-16)11-6-2-1-3-7-11/h1-9H,10H2,(H,18,19,20). The third kappa shape index (κ3) is 3.23. The number of thioether (sulfide) groups is 1. The number of aromatic nitrogens is 3. The van der Waals surface area contributed by atoms with Gasteiger partial charge in [0.05, 0.1) is 11.3 Å². The van der Waals surface area contributed by atoms with Gasteiger partial charge in [-0.3, -0.25) is 9.89 Å². The molecule has 0 radical (unpaired) electrons. The number of H-pyrrole nitrogens is 1. The lowest BCUT2D eigenvalue weighted by atomic mass is 10.1. The van der Waals surface area contributed by atoms with Crippen molar-refractivity contribution < 1.29 is 9.18 Å². The van der Waals surface area contributed by atoms with E-state index in [1.54, 1.807) is 12.1 Å². The molecule has 22 heavy (non-hydrogen) atoms. The van der Waals surface area contributed by atoms with Crippen molar-refractivity contribution in [3.05, 3.63) is 66.0 Å². The van der Waals surface area contributed by atoms with Crippen molar-refractivity contribution >= 4 is 17.5 Å². The zero-order valence-electron chi connectivity index (χ0n) is 11.5. The van der Waals surface area contributed by atoms with Gasteiger partial charge in [0.15, 0.2) is 11.6 Å². The lowest BCUT2D eigenvalue weighted by molar-refractivity contribution is 0.101. The smallest absolute Gasteiger partial charge is 0.209 e. The molecule has 0 spiro atoms. The van der Waals surface area contributed by atoms with E-state index in [1.807, 2.05) is 30.3 Å². The van der Waals surface area contributed by atoms with Crippen LogP contribution in [0.3, 0.4) is 0 Å². The number of ketones is 1. The average molecular weight is 313 g/mol. The second-order valence-corrected chi connectivity index (χ2v) is 5.47. The number of rotatable bonds is 5. The highest BCUT2D eigenvalue weighted by atomic mass is 32.2. The van der Waals surface area contributed by atoms with Crippen molar-refractivity contribution in [1.82, 2.24) is 15.2 Å². The van der Waals surface area contributed by atoms with Crippen LogP contribution in [0.25, 0.3) is 11.4 Å². The third-order valence-electron chi connectivity index (χ3n) is 3.02. The molecule has 0 atom stereocenters. The monoisotopic (exact) mass is 313 g/mol. The molecule has 3 aromatic rings. The number of halogens is 1. The van der Waals surface area contributed by atoms with E-state index in [0.717, 1.165) is 5.56 Å². The molecule has 0 aliphatic heterocycles. The number of hydrogen-bond acceptors (Lipinski definition) is 4. The summed E-state index contributed by atoms with van der Waals surface area (Å²) in [6.45, 7) is 0. The highest BCUT2D eigenvalue weighted by Crippen LogP contribution is 2.20. The van der Waals surface area contributed by atoms with Crippen LogP contribution in [0.4, 0.5) is 4.39 Å². The maximum Gasteiger partial charge on any atom is 0.209 e. The number of nitrogens with zero attached hydrogens (tertiary/aromatic N) is 2. The molecule has 1 N–H and O–H groups in total. The lowest BCUT2D eigenvalue weighted by Gasteiger charge is -2.00. The Balaban J connectivity index is 1.67. The summed E-state index contributed by atoms with van der Waals surface area (Å²) >= 11 is 1.18. The van der Waals surface area contributed by atoms with Gasteiger partial charge in [-0.2, -0.15) is 0 Å². The molecule has 110 valence electrons. The average Bonchev–Trinajstić information content (AvgIpc) is 3.03. The highest BCUT2D eigenvalue weighted by molar-refractivity contribution is 7.99. The zero-order valence-corrected chi connectivity index (χ0v) is 12.3. The summed E-state index contributed by atoms with van der Waals surface area (Å²) in [5.41, 5.74) is 1.01. The molecule has 0 aliphatic carbocycles. The van der Waals surface area contributed by atoms with Crippen LogP contribution >= 0.6 is 11.8 Å². The van der Waals surface area contributed by atoms with E-state index in [-0.39, 0.29) is 17.1 Å². The fraction of sp³-hybridized carbons (Fsp3) is 0.0625. The molecule has 0 saturated heterocycles. The van der Waals surface area contributed by atoms with Gasteiger partial charge in [0.1, 0.15) is 5.82 Å². The van der Waals surface area contributed by atoms with Crippen molar-refractivity contribution in [3.63, 3.8) is 0 Å². The Hall–Kier alpha value is -2.47. The van der Waals surface area contributed by atoms with Gasteiger partial charge in [0.25, 0.3) is 0 Å². The SMILES string of the molecule is O=C(CSc1n[nH]c(-c2ccccc2)n1)c1ccccc1F. The summed E-state index contributed by atoms with van der Waals surface area (Å²) in [7, 11) is 0. The molecule has 2 aromatic carbocycles. The second kappa shape index (κ2) is 6.53. The number of Topliss-reactive ketones (excluding diaryl/α,β-unsaturated/α-hetero) is 1. The van der Waals surface area contributed by atoms with E-state index in [2.05, 4.69) is 15.2 Å². The molecule has 6 heteroatoms. The maximum atomic E-state index is 13.5. The van der Waals surface area contributed by atoms with Crippen LogP contribution in [0.15, 0.2) is 59.8 Å². The van der Waals surface area contributed by atoms with Gasteiger partial charge >= 0.3 is 0 Å². The summed E-state index contributed by atoms with van der Waals surface area (Å²) in [6, 6.07) is 15.5. The predicted octanol–water partition coefficient (Wildman–Crippen LogP) is 3.59. The fourth-order valence-corrected chi connectivity index (χ4v) is 2.61. The van der Waals surface area contributed by atoms with Gasteiger partial charge in [-0.1, -0.05) is 54.2 Å². The number of carbonyl (C=O) groups excluding carboxylic acids is 1. The quantitative estimate of drug-likeness (QED) is 0.578.